The molecule has 6 heteroatoms. The molecule has 3 heterocycles. The Morgan fingerprint density at radius 2 is 2.07 bits per heavy atom. The van der Waals surface area contributed by atoms with Gasteiger partial charge in [0, 0.05) is 30.1 Å². The number of aromatic nitrogens is 3. The van der Waals surface area contributed by atoms with Gasteiger partial charge in [-0.25, -0.2) is 9.67 Å². The minimum absolute atomic E-state index is 0.0725. The third-order valence-electron chi connectivity index (χ3n) is 7.58. The number of hydrogen-bond donors (Lipinski definition) is 1. The van der Waals surface area contributed by atoms with Crippen molar-refractivity contribution >= 4 is 16.9 Å². The summed E-state index contributed by atoms with van der Waals surface area (Å²) in [5.74, 6) is 1.76. The summed E-state index contributed by atoms with van der Waals surface area (Å²) in [5.41, 5.74) is 4.26. The molecule has 150 valence electrons. The Morgan fingerprint density at radius 1 is 1.29 bits per heavy atom. The molecule has 5 atom stereocenters. The summed E-state index contributed by atoms with van der Waals surface area (Å²) >= 11 is 0. The Balaban J connectivity index is 1.36. The lowest BCUT2D eigenvalue weighted by Gasteiger charge is -2.29. The van der Waals surface area contributed by atoms with Gasteiger partial charge in [0.1, 0.15) is 0 Å². The standard InChI is InChI=1S/C22H30N4O2/c1-11(2)26-22-18(9-23-26)12(3)16(13(4)24-22)5-6-19(27)25-10-15-7-14-8-17(15)20(25)21(14)28/h9,11,14-15,17,20-21,28H,5-8,10H2,1-4H3. The molecular weight excluding hydrogens is 352 g/mol. The molecule has 2 aliphatic carbocycles. The van der Waals surface area contributed by atoms with E-state index in [4.69, 9.17) is 4.98 Å². The second-order valence-electron chi connectivity index (χ2n) is 9.40. The molecule has 0 aromatic carbocycles. The van der Waals surface area contributed by atoms with Gasteiger partial charge in [0.15, 0.2) is 5.65 Å². The molecule has 3 fully saturated rings. The maximum absolute atomic E-state index is 13.0. The highest BCUT2D eigenvalue weighted by Gasteiger charge is 2.59. The van der Waals surface area contributed by atoms with E-state index in [9.17, 15) is 9.90 Å². The first-order chi connectivity index (χ1) is 13.4. The van der Waals surface area contributed by atoms with Crippen LogP contribution in [0.4, 0.5) is 0 Å². The van der Waals surface area contributed by atoms with Crippen LogP contribution in [0.5, 0.6) is 0 Å². The van der Waals surface area contributed by atoms with Crippen molar-refractivity contribution in [1.29, 1.82) is 0 Å². The summed E-state index contributed by atoms with van der Waals surface area (Å²) < 4.78 is 1.96. The molecule has 5 rings (SSSR count). The zero-order valence-corrected chi connectivity index (χ0v) is 17.2. The molecule has 0 spiro atoms. The predicted octanol–water partition coefficient (Wildman–Crippen LogP) is 2.79. The average Bonchev–Trinajstić information content (AvgIpc) is 3.35. The van der Waals surface area contributed by atoms with Crippen LogP contribution in [0.3, 0.4) is 0 Å². The highest BCUT2D eigenvalue weighted by molar-refractivity contribution is 5.81. The Bertz CT molecular complexity index is 948. The zero-order valence-electron chi connectivity index (χ0n) is 17.2. The zero-order chi connectivity index (χ0) is 19.7. The van der Waals surface area contributed by atoms with Gasteiger partial charge in [-0.3, -0.25) is 4.79 Å². The minimum Gasteiger partial charge on any atom is -0.391 e. The van der Waals surface area contributed by atoms with Gasteiger partial charge in [0.25, 0.3) is 0 Å². The summed E-state index contributed by atoms with van der Waals surface area (Å²) in [5, 5.41) is 16.1. The van der Waals surface area contributed by atoms with Gasteiger partial charge in [-0.2, -0.15) is 5.10 Å². The summed E-state index contributed by atoms with van der Waals surface area (Å²) in [7, 11) is 0. The van der Waals surface area contributed by atoms with E-state index in [0.717, 1.165) is 41.7 Å². The number of amides is 1. The van der Waals surface area contributed by atoms with Crippen molar-refractivity contribution < 1.29 is 9.90 Å². The molecule has 3 aliphatic rings. The topological polar surface area (TPSA) is 71.2 Å². The fourth-order valence-electron chi connectivity index (χ4n) is 6.21. The number of likely N-dealkylation sites (tertiary alicyclic amines) is 1. The number of rotatable bonds is 4. The average molecular weight is 383 g/mol. The Morgan fingerprint density at radius 3 is 2.79 bits per heavy atom. The van der Waals surface area contributed by atoms with Crippen molar-refractivity contribution in [1.82, 2.24) is 19.7 Å². The molecule has 2 aromatic rings. The predicted molar refractivity (Wildman–Crippen MR) is 107 cm³/mol. The van der Waals surface area contributed by atoms with Crippen LogP contribution >= 0.6 is 0 Å². The van der Waals surface area contributed by atoms with Crippen LogP contribution in [0.25, 0.3) is 11.0 Å². The third kappa shape index (κ3) is 2.46. The smallest absolute Gasteiger partial charge is 0.223 e. The quantitative estimate of drug-likeness (QED) is 0.883. The molecular formula is C22H30N4O2. The first kappa shape index (κ1) is 18.1. The van der Waals surface area contributed by atoms with Crippen LogP contribution in [-0.4, -0.2) is 49.4 Å². The molecule has 2 bridgehead atoms. The number of fused-ring (bicyclic) bond motifs is 2. The molecule has 0 radical (unpaired) electrons. The monoisotopic (exact) mass is 382 g/mol. The number of aliphatic hydroxyl groups excluding tert-OH is 1. The van der Waals surface area contributed by atoms with Gasteiger partial charge in [-0.05, 0) is 75.8 Å². The lowest BCUT2D eigenvalue weighted by molar-refractivity contribution is -0.134. The second-order valence-corrected chi connectivity index (χ2v) is 9.40. The van der Waals surface area contributed by atoms with Crippen molar-refractivity contribution in [3.8, 4) is 0 Å². The van der Waals surface area contributed by atoms with Crippen molar-refractivity contribution in [3.05, 3.63) is 23.0 Å². The van der Waals surface area contributed by atoms with E-state index < -0.39 is 0 Å². The molecule has 28 heavy (non-hydrogen) atoms. The van der Waals surface area contributed by atoms with E-state index in [1.807, 2.05) is 22.7 Å². The number of carbonyl (C=O) groups excluding carboxylic acids is 1. The largest absolute Gasteiger partial charge is 0.391 e. The summed E-state index contributed by atoms with van der Waals surface area (Å²) in [6.45, 7) is 9.21. The van der Waals surface area contributed by atoms with Gasteiger partial charge in [0.05, 0.1) is 18.3 Å². The summed E-state index contributed by atoms with van der Waals surface area (Å²) in [6, 6.07) is 0.340. The maximum atomic E-state index is 13.0. The van der Waals surface area contributed by atoms with Crippen LogP contribution in [0.2, 0.25) is 0 Å². The van der Waals surface area contributed by atoms with Crippen LogP contribution in [0.1, 0.15) is 56.0 Å². The number of hydrogen-bond acceptors (Lipinski definition) is 4. The number of nitrogens with zero attached hydrogens (tertiary/aromatic N) is 4. The highest BCUT2D eigenvalue weighted by atomic mass is 16.3. The molecule has 1 amide bonds. The second kappa shape index (κ2) is 6.28. The van der Waals surface area contributed by atoms with Gasteiger partial charge < -0.3 is 10.0 Å². The highest BCUT2D eigenvalue weighted by Crippen LogP contribution is 2.55. The normalized spacial score (nSPS) is 30.9. The van der Waals surface area contributed by atoms with Crippen molar-refractivity contribution in [2.75, 3.05) is 6.54 Å². The van der Waals surface area contributed by atoms with E-state index in [2.05, 4.69) is 25.9 Å². The molecule has 1 aliphatic heterocycles. The number of carbonyl (C=O) groups is 1. The molecule has 1 saturated heterocycles. The van der Waals surface area contributed by atoms with Crippen molar-refractivity contribution in [3.63, 3.8) is 0 Å². The van der Waals surface area contributed by atoms with Crippen LogP contribution in [0.15, 0.2) is 6.20 Å². The summed E-state index contributed by atoms with van der Waals surface area (Å²) in [4.78, 5) is 19.8. The van der Waals surface area contributed by atoms with E-state index in [1.165, 1.54) is 5.56 Å². The van der Waals surface area contributed by atoms with Crippen LogP contribution in [-0.2, 0) is 11.2 Å². The molecule has 2 aromatic heterocycles. The van der Waals surface area contributed by atoms with Crippen LogP contribution < -0.4 is 0 Å². The number of pyridine rings is 1. The van der Waals surface area contributed by atoms with Gasteiger partial charge in [-0.15, -0.1) is 0 Å². The number of aryl methyl sites for hydroxylation is 2. The van der Waals surface area contributed by atoms with E-state index in [0.29, 0.717) is 30.6 Å². The molecule has 6 nitrogen and oxygen atoms in total. The first-order valence-electron chi connectivity index (χ1n) is 10.7. The minimum atomic E-state index is -0.309. The Kier molecular flexibility index (Phi) is 4.06. The van der Waals surface area contributed by atoms with Gasteiger partial charge in [0.2, 0.25) is 5.91 Å². The van der Waals surface area contributed by atoms with E-state index >= 15 is 0 Å². The molecule has 1 N–H and O–H groups in total. The van der Waals surface area contributed by atoms with Crippen LogP contribution in [0, 0.1) is 31.6 Å². The van der Waals surface area contributed by atoms with Crippen molar-refractivity contribution in [2.45, 2.75) is 71.6 Å². The fourth-order valence-corrected chi connectivity index (χ4v) is 6.21. The fraction of sp³-hybridized carbons (Fsp3) is 0.682. The van der Waals surface area contributed by atoms with Gasteiger partial charge >= 0.3 is 0 Å². The molecule has 2 saturated carbocycles. The van der Waals surface area contributed by atoms with E-state index in [-0.39, 0.29) is 24.1 Å². The van der Waals surface area contributed by atoms with E-state index in [1.54, 1.807) is 0 Å². The third-order valence-corrected chi connectivity index (χ3v) is 7.58. The first-order valence-corrected chi connectivity index (χ1v) is 10.7. The summed E-state index contributed by atoms with van der Waals surface area (Å²) in [6.07, 6.45) is 4.99. The van der Waals surface area contributed by atoms with Crippen molar-refractivity contribution in [2.24, 2.45) is 17.8 Å². The number of aliphatic hydroxyl groups is 1. The Labute approximate surface area is 165 Å². The SMILES string of the molecule is Cc1nc2c(cnn2C(C)C)c(C)c1CCC(=O)N1CC2CC3CC2C1C3O. The lowest BCUT2D eigenvalue weighted by Crippen LogP contribution is -2.43. The maximum Gasteiger partial charge on any atom is 0.223 e. The molecule has 5 unspecified atom stereocenters. The van der Waals surface area contributed by atoms with Gasteiger partial charge in [-0.1, -0.05) is 0 Å². The lowest BCUT2D eigenvalue weighted by atomic mass is 9.88. The Hall–Kier alpha value is -1.95.